The lowest BCUT2D eigenvalue weighted by molar-refractivity contribution is 0.323. The molecule has 0 fully saturated rings. The van der Waals surface area contributed by atoms with E-state index in [2.05, 4.69) is 21.1 Å². The van der Waals surface area contributed by atoms with E-state index < -0.39 is 0 Å². The quantitative estimate of drug-likeness (QED) is 0.575. The largest absolute Gasteiger partial charge is 0.490 e. The summed E-state index contributed by atoms with van der Waals surface area (Å²) in [7, 11) is 0. The summed E-state index contributed by atoms with van der Waals surface area (Å²) in [5, 5.41) is 6.50. The molecule has 0 saturated carbocycles. The predicted octanol–water partition coefficient (Wildman–Crippen LogP) is 1.38. The second kappa shape index (κ2) is 5.54. The van der Waals surface area contributed by atoms with Crippen molar-refractivity contribution in [1.29, 1.82) is 0 Å². The van der Waals surface area contributed by atoms with E-state index in [0.717, 1.165) is 53.8 Å². The number of anilines is 1. The van der Waals surface area contributed by atoms with Gasteiger partial charge in [-0.3, -0.25) is 0 Å². The summed E-state index contributed by atoms with van der Waals surface area (Å²) >= 11 is 1.44. The molecule has 0 saturated heterocycles. The van der Waals surface area contributed by atoms with E-state index in [4.69, 9.17) is 10.5 Å². The van der Waals surface area contributed by atoms with Gasteiger partial charge in [0.25, 0.3) is 0 Å². The summed E-state index contributed by atoms with van der Waals surface area (Å²) in [5.41, 5.74) is 8.83. The topological polar surface area (TPSA) is 71.7 Å². The maximum Gasteiger partial charge on any atom is 0.142 e. The first-order chi connectivity index (χ1) is 9.33. The van der Waals surface area contributed by atoms with E-state index in [0.29, 0.717) is 0 Å². The Morgan fingerprint density at radius 2 is 2.32 bits per heavy atom. The Balaban J connectivity index is 1.67. The summed E-state index contributed by atoms with van der Waals surface area (Å²) in [5.74, 6) is 0.909. The van der Waals surface area contributed by atoms with Crippen LogP contribution in [0.4, 0.5) is 5.69 Å². The third kappa shape index (κ3) is 2.85. The third-order valence-corrected chi connectivity index (χ3v) is 3.71. The SMILES string of the molecule is NC1=C(/C=N/Sc2ccc3c(c2)NCCO3)CNC1. The van der Waals surface area contributed by atoms with Crippen molar-refractivity contribution in [2.75, 3.05) is 31.6 Å². The summed E-state index contributed by atoms with van der Waals surface area (Å²) in [6.45, 7) is 3.12. The minimum Gasteiger partial charge on any atom is -0.490 e. The minimum absolute atomic E-state index is 0.720. The molecule has 2 aliphatic rings. The molecule has 2 aliphatic heterocycles. The number of hydrogen-bond donors (Lipinski definition) is 3. The van der Waals surface area contributed by atoms with Gasteiger partial charge in [0.2, 0.25) is 0 Å². The Kier molecular flexibility index (Phi) is 3.61. The van der Waals surface area contributed by atoms with Gasteiger partial charge in [-0.25, -0.2) is 4.40 Å². The van der Waals surface area contributed by atoms with Crippen LogP contribution in [0.15, 0.2) is 38.8 Å². The van der Waals surface area contributed by atoms with Crippen LogP contribution in [-0.2, 0) is 0 Å². The fraction of sp³-hybridized carbons (Fsp3) is 0.308. The van der Waals surface area contributed by atoms with E-state index >= 15 is 0 Å². The molecule has 0 unspecified atom stereocenters. The molecular weight excluding hydrogens is 260 g/mol. The number of ether oxygens (including phenoxy) is 1. The van der Waals surface area contributed by atoms with Crippen molar-refractivity contribution in [1.82, 2.24) is 5.32 Å². The predicted molar refractivity (Wildman–Crippen MR) is 78.9 cm³/mol. The molecule has 1 aromatic rings. The maximum atomic E-state index is 5.84. The average molecular weight is 276 g/mol. The van der Waals surface area contributed by atoms with Gasteiger partial charge in [0, 0.05) is 54.0 Å². The van der Waals surface area contributed by atoms with Gasteiger partial charge in [0.15, 0.2) is 0 Å². The van der Waals surface area contributed by atoms with Gasteiger partial charge in [-0.2, -0.15) is 0 Å². The second-order valence-corrected chi connectivity index (χ2v) is 5.28. The number of fused-ring (bicyclic) bond motifs is 1. The van der Waals surface area contributed by atoms with Crippen LogP contribution in [0, 0.1) is 0 Å². The van der Waals surface area contributed by atoms with E-state index in [9.17, 15) is 0 Å². The normalized spacial score (nSPS) is 18.3. The van der Waals surface area contributed by atoms with Crippen molar-refractivity contribution in [3.63, 3.8) is 0 Å². The summed E-state index contributed by atoms with van der Waals surface area (Å²) < 4.78 is 9.90. The molecule has 0 bridgehead atoms. The molecule has 6 heteroatoms. The van der Waals surface area contributed by atoms with Crippen LogP contribution in [0.25, 0.3) is 0 Å². The van der Waals surface area contributed by atoms with E-state index in [1.165, 1.54) is 11.9 Å². The molecule has 19 heavy (non-hydrogen) atoms. The van der Waals surface area contributed by atoms with Crippen molar-refractivity contribution >= 4 is 23.8 Å². The Morgan fingerprint density at radius 3 is 3.16 bits per heavy atom. The lowest BCUT2D eigenvalue weighted by Crippen LogP contribution is -2.17. The van der Waals surface area contributed by atoms with Crippen molar-refractivity contribution in [2.45, 2.75) is 4.90 Å². The number of nitrogens with one attached hydrogen (secondary N) is 2. The zero-order valence-corrected chi connectivity index (χ0v) is 11.3. The van der Waals surface area contributed by atoms with Crippen LogP contribution >= 0.6 is 11.9 Å². The van der Waals surface area contributed by atoms with Crippen molar-refractivity contribution in [2.24, 2.45) is 10.1 Å². The van der Waals surface area contributed by atoms with Crippen LogP contribution in [0.1, 0.15) is 0 Å². The highest BCUT2D eigenvalue weighted by molar-refractivity contribution is 7.98. The van der Waals surface area contributed by atoms with Gasteiger partial charge in [0.1, 0.15) is 12.4 Å². The summed E-state index contributed by atoms with van der Waals surface area (Å²) in [6.07, 6.45) is 1.84. The lowest BCUT2D eigenvalue weighted by atomic mass is 10.2. The first-order valence-electron chi connectivity index (χ1n) is 6.22. The first-order valence-corrected chi connectivity index (χ1v) is 6.99. The van der Waals surface area contributed by atoms with Crippen LogP contribution in [0.5, 0.6) is 5.75 Å². The van der Waals surface area contributed by atoms with Gasteiger partial charge in [-0.05, 0) is 18.2 Å². The minimum atomic E-state index is 0.720. The Labute approximate surface area is 116 Å². The molecule has 1 aromatic carbocycles. The zero-order chi connectivity index (χ0) is 13.1. The van der Waals surface area contributed by atoms with Crippen molar-refractivity contribution in [3.05, 3.63) is 29.5 Å². The Hall–Kier alpha value is -1.66. The smallest absolute Gasteiger partial charge is 0.142 e. The molecule has 0 radical (unpaired) electrons. The van der Waals surface area contributed by atoms with Crippen LogP contribution in [0.2, 0.25) is 0 Å². The highest BCUT2D eigenvalue weighted by atomic mass is 32.2. The number of hydrogen-bond acceptors (Lipinski definition) is 6. The molecule has 2 heterocycles. The van der Waals surface area contributed by atoms with Crippen LogP contribution in [-0.4, -0.2) is 32.5 Å². The van der Waals surface area contributed by atoms with E-state index in [-0.39, 0.29) is 0 Å². The molecule has 100 valence electrons. The van der Waals surface area contributed by atoms with E-state index in [1.54, 1.807) is 0 Å². The standard InChI is InChI=1S/C13H16N4OS/c14-11-8-15-6-9(11)7-17-19-10-1-2-13-12(5-10)16-3-4-18-13/h1-2,5,7,15-16H,3-4,6,8,14H2/b17-7+. The molecular formula is C13H16N4OS. The molecule has 0 aliphatic carbocycles. The number of benzene rings is 1. The second-order valence-electron chi connectivity index (χ2n) is 4.41. The Morgan fingerprint density at radius 1 is 1.37 bits per heavy atom. The van der Waals surface area contributed by atoms with Gasteiger partial charge in [-0.1, -0.05) is 0 Å². The summed E-state index contributed by atoms with van der Waals surface area (Å²) in [4.78, 5) is 1.08. The zero-order valence-electron chi connectivity index (χ0n) is 10.5. The van der Waals surface area contributed by atoms with Gasteiger partial charge >= 0.3 is 0 Å². The van der Waals surface area contributed by atoms with Gasteiger partial charge < -0.3 is 21.1 Å². The number of nitrogens with two attached hydrogens (primary N) is 1. The molecule has 4 N–H and O–H groups in total. The van der Waals surface area contributed by atoms with Crippen molar-refractivity contribution in [3.8, 4) is 5.75 Å². The molecule has 0 aromatic heterocycles. The van der Waals surface area contributed by atoms with Crippen LogP contribution in [0.3, 0.4) is 0 Å². The fourth-order valence-corrected chi connectivity index (χ4v) is 2.62. The molecule has 3 rings (SSSR count). The molecule has 0 amide bonds. The number of nitrogens with zero attached hydrogens (tertiary/aromatic N) is 1. The van der Waals surface area contributed by atoms with Gasteiger partial charge in [0.05, 0.1) is 5.69 Å². The average Bonchev–Trinajstić information content (AvgIpc) is 2.84. The summed E-state index contributed by atoms with van der Waals surface area (Å²) in [6, 6.07) is 6.05. The molecule has 0 spiro atoms. The third-order valence-electron chi connectivity index (χ3n) is 3.04. The van der Waals surface area contributed by atoms with Crippen molar-refractivity contribution < 1.29 is 4.74 Å². The van der Waals surface area contributed by atoms with Crippen LogP contribution < -0.4 is 21.1 Å². The highest BCUT2D eigenvalue weighted by Crippen LogP contribution is 2.32. The number of rotatable bonds is 3. The monoisotopic (exact) mass is 276 g/mol. The fourth-order valence-electron chi connectivity index (χ4n) is 2.01. The lowest BCUT2D eigenvalue weighted by Gasteiger charge is -2.19. The van der Waals surface area contributed by atoms with Gasteiger partial charge in [-0.15, -0.1) is 0 Å². The Bertz CT molecular complexity index is 541. The van der Waals surface area contributed by atoms with E-state index in [1.807, 2.05) is 18.3 Å². The molecule has 0 atom stereocenters. The highest BCUT2D eigenvalue weighted by Gasteiger charge is 2.10. The maximum absolute atomic E-state index is 5.84. The first kappa shape index (κ1) is 12.4. The molecule has 5 nitrogen and oxygen atoms in total.